The van der Waals surface area contributed by atoms with Gasteiger partial charge in [-0.2, -0.15) is 0 Å². The molecule has 8 heteroatoms. The number of nitrogen functional groups attached to an aromatic ring is 1. The molecule has 16 heavy (non-hydrogen) atoms. The number of hydrogen-bond donors (Lipinski definition) is 3. The quantitative estimate of drug-likeness (QED) is 0.602. The Bertz CT molecular complexity index is 515. The Balaban J connectivity index is 3.07. The fourth-order valence-corrected chi connectivity index (χ4v) is 2.07. The third-order valence-electron chi connectivity index (χ3n) is 1.68. The molecule has 1 aromatic rings. The van der Waals surface area contributed by atoms with Gasteiger partial charge in [-0.1, -0.05) is 0 Å². The van der Waals surface area contributed by atoms with E-state index >= 15 is 0 Å². The van der Waals surface area contributed by atoms with E-state index in [0.29, 0.717) is 0 Å². The number of anilines is 1. The fourth-order valence-electron chi connectivity index (χ4n) is 0.970. The molecule has 0 unspecified atom stereocenters. The van der Waals surface area contributed by atoms with Crippen molar-refractivity contribution in [3.8, 4) is 0 Å². The number of benzene rings is 1. The number of primary amides is 1. The van der Waals surface area contributed by atoms with E-state index in [-0.39, 0.29) is 5.69 Å². The predicted molar refractivity (Wildman–Crippen MR) is 55.2 cm³/mol. The van der Waals surface area contributed by atoms with Crippen molar-refractivity contribution in [3.63, 3.8) is 0 Å². The summed E-state index contributed by atoms with van der Waals surface area (Å²) in [6, 6.07) is 3.11. The molecule has 88 valence electrons. The number of rotatable bonds is 4. The maximum absolute atomic E-state index is 13.2. The molecule has 1 aromatic carbocycles. The number of nitrogens with one attached hydrogen (secondary N) is 1. The Labute approximate surface area is 91.5 Å². The number of carbonyl (C=O) groups is 1. The lowest BCUT2D eigenvalue weighted by Gasteiger charge is -2.06. The van der Waals surface area contributed by atoms with Crippen LogP contribution in [-0.4, -0.2) is 20.9 Å². The molecule has 0 saturated carbocycles. The topological polar surface area (TPSA) is 115 Å². The van der Waals surface area contributed by atoms with Crippen LogP contribution in [0.3, 0.4) is 0 Å². The molecule has 5 N–H and O–H groups in total. The van der Waals surface area contributed by atoms with Crippen molar-refractivity contribution < 1.29 is 17.6 Å². The van der Waals surface area contributed by atoms with Gasteiger partial charge in [0.25, 0.3) is 0 Å². The van der Waals surface area contributed by atoms with E-state index in [1.807, 2.05) is 4.72 Å². The molecule has 0 spiro atoms. The van der Waals surface area contributed by atoms with Crippen LogP contribution in [0.25, 0.3) is 0 Å². The molecule has 0 aliphatic heterocycles. The highest BCUT2D eigenvalue weighted by Gasteiger charge is 2.19. The SMILES string of the molecule is NC(=O)CNS(=O)(=O)c1cc(N)ccc1F. The number of amides is 1. The van der Waals surface area contributed by atoms with E-state index in [1.165, 1.54) is 6.07 Å². The van der Waals surface area contributed by atoms with Crippen molar-refractivity contribution >= 4 is 21.6 Å². The first-order chi connectivity index (χ1) is 7.33. The van der Waals surface area contributed by atoms with E-state index in [1.54, 1.807) is 0 Å². The van der Waals surface area contributed by atoms with Crippen molar-refractivity contribution in [1.29, 1.82) is 0 Å². The van der Waals surface area contributed by atoms with Gasteiger partial charge in [0, 0.05) is 5.69 Å². The van der Waals surface area contributed by atoms with Crippen LogP contribution in [0.4, 0.5) is 10.1 Å². The highest BCUT2D eigenvalue weighted by molar-refractivity contribution is 7.89. The maximum atomic E-state index is 13.2. The summed E-state index contributed by atoms with van der Waals surface area (Å²) in [4.78, 5) is 9.79. The molecule has 0 aliphatic rings. The third kappa shape index (κ3) is 2.91. The van der Waals surface area contributed by atoms with Crippen molar-refractivity contribution in [3.05, 3.63) is 24.0 Å². The molecule has 0 heterocycles. The molecule has 0 aromatic heterocycles. The van der Waals surface area contributed by atoms with Crippen LogP contribution in [-0.2, 0) is 14.8 Å². The third-order valence-corrected chi connectivity index (χ3v) is 3.10. The number of sulfonamides is 1. The maximum Gasteiger partial charge on any atom is 0.244 e. The van der Waals surface area contributed by atoms with Crippen molar-refractivity contribution in [2.75, 3.05) is 12.3 Å². The summed E-state index contributed by atoms with van der Waals surface area (Å²) in [5.74, 6) is -1.82. The molecule has 1 amide bonds. The van der Waals surface area contributed by atoms with Crippen molar-refractivity contribution in [2.45, 2.75) is 4.90 Å². The highest BCUT2D eigenvalue weighted by atomic mass is 32.2. The zero-order valence-corrected chi connectivity index (χ0v) is 8.92. The summed E-state index contributed by atoms with van der Waals surface area (Å²) in [6.45, 7) is -0.601. The van der Waals surface area contributed by atoms with Gasteiger partial charge in [-0.25, -0.2) is 17.5 Å². The standard InChI is InChI=1S/C8H10FN3O3S/c9-6-2-1-5(10)3-7(6)16(14,15)12-4-8(11)13/h1-3,12H,4,10H2,(H2,11,13). The molecule has 6 nitrogen and oxygen atoms in total. The fraction of sp³-hybridized carbons (Fsp3) is 0.125. The lowest BCUT2D eigenvalue weighted by molar-refractivity contribution is -0.116. The Morgan fingerprint density at radius 3 is 2.62 bits per heavy atom. The predicted octanol–water partition coefficient (Wildman–Crippen LogP) is -0.828. The lowest BCUT2D eigenvalue weighted by Crippen LogP contribution is -2.33. The Morgan fingerprint density at radius 2 is 2.06 bits per heavy atom. The van der Waals surface area contributed by atoms with Gasteiger partial charge in [-0.05, 0) is 18.2 Å². The van der Waals surface area contributed by atoms with Gasteiger partial charge >= 0.3 is 0 Å². The second kappa shape index (κ2) is 4.45. The van der Waals surface area contributed by atoms with Crippen LogP contribution in [0.1, 0.15) is 0 Å². The Hall–Kier alpha value is -1.67. The largest absolute Gasteiger partial charge is 0.399 e. The minimum atomic E-state index is -4.11. The zero-order chi connectivity index (χ0) is 12.3. The molecule has 1 rings (SSSR count). The van der Waals surface area contributed by atoms with Crippen molar-refractivity contribution in [2.24, 2.45) is 5.73 Å². The molecular formula is C8H10FN3O3S. The van der Waals surface area contributed by atoms with Crippen LogP contribution >= 0.6 is 0 Å². The van der Waals surface area contributed by atoms with Gasteiger partial charge in [0.15, 0.2) is 0 Å². The van der Waals surface area contributed by atoms with Crippen LogP contribution < -0.4 is 16.2 Å². The minimum Gasteiger partial charge on any atom is -0.399 e. The Morgan fingerprint density at radius 1 is 1.44 bits per heavy atom. The number of carbonyl (C=O) groups excluding carboxylic acids is 1. The van der Waals surface area contributed by atoms with Crippen molar-refractivity contribution in [1.82, 2.24) is 4.72 Å². The van der Waals surface area contributed by atoms with E-state index in [0.717, 1.165) is 12.1 Å². The summed E-state index contributed by atoms with van der Waals surface area (Å²) in [6.07, 6.45) is 0. The number of hydrogen-bond acceptors (Lipinski definition) is 4. The van der Waals surface area contributed by atoms with E-state index < -0.39 is 33.2 Å². The molecular weight excluding hydrogens is 237 g/mol. The normalized spacial score (nSPS) is 11.3. The minimum absolute atomic E-state index is 0.0980. The van der Waals surface area contributed by atoms with Crippen LogP contribution in [0.2, 0.25) is 0 Å². The van der Waals surface area contributed by atoms with Crippen LogP contribution in [0.5, 0.6) is 0 Å². The molecule has 0 aliphatic carbocycles. The summed E-state index contributed by atoms with van der Waals surface area (Å²) >= 11 is 0. The van der Waals surface area contributed by atoms with Gasteiger partial charge < -0.3 is 11.5 Å². The zero-order valence-electron chi connectivity index (χ0n) is 8.10. The van der Waals surface area contributed by atoms with Gasteiger partial charge in [0.05, 0.1) is 6.54 Å². The average Bonchev–Trinajstić information content (AvgIpc) is 2.19. The summed E-state index contributed by atoms with van der Waals surface area (Å²) in [5.41, 5.74) is 10.2. The van der Waals surface area contributed by atoms with E-state index in [4.69, 9.17) is 11.5 Å². The first kappa shape index (κ1) is 12.4. The molecule has 0 bridgehead atoms. The van der Waals surface area contributed by atoms with Crippen LogP contribution in [0, 0.1) is 5.82 Å². The second-order valence-electron chi connectivity index (χ2n) is 2.98. The van der Waals surface area contributed by atoms with Gasteiger partial charge in [0.1, 0.15) is 10.7 Å². The van der Waals surface area contributed by atoms with Gasteiger partial charge in [-0.3, -0.25) is 4.79 Å². The Kier molecular flexibility index (Phi) is 3.45. The first-order valence-corrected chi connectivity index (χ1v) is 5.64. The first-order valence-electron chi connectivity index (χ1n) is 4.16. The summed E-state index contributed by atoms with van der Waals surface area (Å²) < 4.78 is 38.0. The summed E-state index contributed by atoms with van der Waals surface area (Å²) in [7, 11) is -4.11. The van der Waals surface area contributed by atoms with Crippen LogP contribution in [0.15, 0.2) is 23.1 Å². The number of nitrogens with two attached hydrogens (primary N) is 2. The molecule has 0 atom stereocenters. The number of halogens is 1. The monoisotopic (exact) mass is 247 g/mol. The van der Waals surface area contributed by atoms with E-state index in [2.05, 4.69) is 0 Å². The highest BCUT2D eigenvalue weighted by Crippen LogP contribution is 2.17. The van der Waals surface area contributed by atoms with Gasteiger partial charge in [0.2, 0.25) is 15.9 Å². The lowest BCUT2D eigenvalue weighted by atomic mass is 10.3. The molecule has 0 radical (unpaired) electrons. The summed E-state index contributed by atoms with van der Waals surface area (Å²) in [5, 5.41) is 0. The van der Waals surface area contributed by atoms with E-state index in [9.17, 15) is 17.6 Å². The average molecular weight is 247 g/mol. The second-order valence-corrected chi connectivity index (χ2v) is 4.72. The van der Waals surface area contributed by atoms with Gasteiger partial charge in [-0.15, -0.1) is 0 Å². The molecule has 0 saturated heterocycles. The molecule has 0 fully saturated rings. The smallest absolute Gasteiger partial charge is 0.244 e.